The lowest BCUT2D eigenvalue weighted by Gasteiger charge is -2.41. The van der Waals surface area contributed by atoms with Crippen molar-refractivity contribution in [3.63, 3.8) is 0 Å². The molecule has 1 saturated heterocycles. The fourth-order valence-corrected chi connectivity index (χ4v) is 3.66. The van der Waals surface area contributed by atoms with Gasteiger partial charge >= 0.3 is 0 Å². The fourth-order valence-electron chi connectivity index (χ4n) is 3.12. The maximum absolute atomic E-state index is 6.36. The van der Waals surface area contributed by atoms with Crippen molar-refractivity contribution in [2.75, 3.05) is 29.9 Å². The van der Waals surface area contributed by atoms with Gasteiger partial charge in [0.15, 0.2) is 0 Å². The molecule has 0 aromatic carbocycles. The van der Waals surface area contributed by atoms with Gasteiger partial charge in [-0.3, -0.25) is 0 Å². The molecule has 21 heavy (non-hydrogen) atoms. The van der Waals surface area contributed by atoms with Crippen LogP contribution in [0.4, 0.5) is 11.6 Å². The highest BCUT2D eigenvalue weighted by atomic mass is 35.5. The molecule has 0 radical (unpaired) electrons. The van der Waals surface area contributed by atoms with Gasteiger partial charge in [-0.05, 0) is 31.2 Å². The number of hydrogen-bond donors (Lipinski definition) is 1. The number of nitrogens with one attached hydrogen (secondary N) is 1. The van der Waals surface area contributed by atoms with Gasteiger partial charge in [0.2, 0.25) is 0 Å². The van der Waals surface area contributed by atoms with Crippen LogP contribution in [-0.4, -0.2) is 24.6 Å². The summed E-state index contributed by atoms with van der Waals surface area (Å²) < 4.78 is 0. The quantitative estimate of drug-likeness (QED) is 0.801. The van der Waals surface area contributed by atoms with Gasteiger partial charge in [0, 0.05) is 19.6 Å². The normalized spacial score (nSPS) is 17.9. The predicted octanol–water partition coefficient (Wildman–Crippen LogP) is 5.23. The van der Waals surface area contributed by atoms with Gasteiger partial charge in [0.25, 0.3) is 0 Å². The zero-order valence-electron chi connectivity index (χ0n) is 13.2. The minimum Gasteiger partial charge on any atom is -0.369 e. The van der Waals surface area contributed by atoms with Crippen molar-refractivity contribution in [1.82, 2.24) is 4.98 Å². The molecule has 1 aliphatic heterocycles. The molecule has 1 fully saturated rings. The van der Waals surface area contributed by atoms with Crippen LogP contribution in [0.1, 0.15) is 46.5 Å². The van der Waals surface area contributed by atoms with E-state index in [-0.39, 0.29) is 0 Å². The first-order valence-corrected chi connectivity index (χ1v) is 8.65. The summed E-state index contributed by atoms with van der Waals surface area (Å²) in [4.78, 5) is 6.93. The molecule has 2 rings (SSSR count). The first-order valence-electron chi connectivity index (χ1n) is 7.90. The highest BCUT2D eigenvalue weighted by Crippen LogP contribution is 2.40. The molecule has 2 heterocycles. The van der Waals surface area contributed by atoms with Crippen LogP contribution in [0.3, 0.4) is 0 Å². The van der Waals surface area contributed by atoms with E-state index in [0.29, 0.717) is 15.5 Å². The maximum Gasteiger partial charge on any atom is 0.149 e. The van der Waals surface area contributed by atoms with Crippen LogP contribution >= 0.6 is 23.2 Å². The van der Waals surface area contributed by atoms with Gasteiger partial charge in [-0.15, -0.1) is 0 Å². The zero-order valence-corrected chi connectivity index (χ0v) is 14.7. The van der Waals surface area contributed by atoms with E-state index < -0.39 is 0 Å². The summed E-state index contributed by atoms with van der Waals surface area (Å²) >= 11 is 12.5. The number of anilines is 2. The van der Waals surface area contributed by atoms with E-state index in [1.807, 2.05) is 6.92 Å². The monoisotopic (exact) mass is 329 g/mol. The molecule has 118 valence electrons. The number of halogens is 2. The Bertz CT molecular complexity index is 477. The molecular weight excluding hydrogens is 305 g/mol. The topological polar surface area (TPSA) is 28.2 Å². The van der Waals surface area contributed by atoms with Crippen LogP contribution in [0.2, 0.25) is 10.0 Å². The fraction of sp³-hybridized carbons (Fsp3) is 0.688. The largest absolute Gasteiger partial charge is 0.369 e. The van der Waals surface area contributed by atoms with E-state index in [4.69, 9.17) is 23.2 Å². The molecule has 0 bridgehead atoms. The Hall–Kier alpha value is -0.670. The molecule has 0 unspecified atom stereocenters. The lowest BCUT2D eigenvalue weighted by atomic mass is 9.74. The molecule has 0 spiro atoms. The van der Waals surface area contributed by atoms with Crippen LogP contribution in [-0.2, 0) is 0 Å². The standard InChI is InChI=1S/C16H25Cl2N3/c1-4-16(5-2)7-9-21(10-8-16)15-13(18)11-12(17)14(20-15)19-6-3/h11H,4-10H2,1-3H3,(H,19,20). The van der Waals surface area contributed by atoms with Gasteiger partial charge < -0.3 is 10.2 Å². The van der Waals surface area contributed by atoms with Gasteiger partial charge in [0.1, 0.15) is 11.6 Å². The molecule has 1 aromatic rings. The lowest BCUT2D eigenvalue weighted by Crippen LogP contribution is -2.40. The Labute approximate surface area is 138 Å². The molecule has 0 atom stereocenters. The second kappa shape index (κ2) is 7.06. The molecule has 1 N–H and O–H groups in total. The van der Waals surface area contributed by atoms with Crippen LogP contribution in [0.25, 0.3) is 0 Å². The molecule has 5 heteroatoms. The van der Waals surface area contributed by atoms with Crippen molar-refractivity contribution >= 4 is 34.8 Å². The summed E-state index contributed by atoms with van der Waals surface area (Å²) in [6.45, 7) is 9.46. The number of piperidine rings is 1. The summed E-state index contributed by atoms with van der Waals surface area (Å²) in [6.07, 6.45) is 4.91. The molecule has 0 aliphatic carbocycles. The highest BCUT2D eigenvalue weighted by molar-refractivity contribution is 6.37. The van der Waals surface area contributed by atoms with Gasteiger partial charge in [-0.25, -0.2) is 4.98 Å². The van der Waals surface area contributed by atoms with Crippen LogP contribution in [0.5, 0.6) is 0 Å². The van der Waals surface area contributed by atoms with Crippen LogP contribution in [0, 0.1) is 5.41 Å². The lowest BCUT2D eigenvalue weighted by molar-refractivity contribution is 0.199. The van der Waals surface area contributed by atoms with Crippen molar-refractivity contribution in [2.45, 2.75) is 46.5 Å². The number of aromatic nitrogens is 1. The maximum atomic E-state index is 6.36. The Balaban J connectivity index is 2.18. The predicted molar refractivity (Wildman–Crippen MR) is 92.9 cm³/mol. The van der Waals surface area contributed by atoms with Crippen molar-refractivity contribution in [2.24, 2.45) is 5.41 Å². The molecule has 0 saturated carbocycles. The number of rotatable bonds is 5. The molecule has 0 amide bonds. The molecular formula is C16H25Cl2N3. The Morgan fingerprint density at radius 2 is 1.76 bits per heavy atom. The Morgan fingerprint density at radius 1 is 1.14 bits per heavy atom. The van der Waals surface area contributed by atoms with Crippen molar-refractivity contribution in [3.8, 4) is 0 Å². The average molecular weight is 330 g/mol. The summed E-state index contributed by atoms with van der Waals surface area (Å²) in [5.41, 5.74) is 0.500. The minimum atomic E-state index is 0.500. The summed E-state index contributed by atoms with van der Waals surface area (Å²) in [7, 11) is 0. The molecule has 1 aromatic heterocycles. The van der Waals surface area contributed by atoms with Gasteiger partial charge in [0.05, 0.1) is 10.0 Å². The van der Waals surface area contributed by atoms with Crippen molar-refractivity contribution < 1.29 is 0 Å². The minimum absolute atomic E-state index is 0.500. The highest BCUT2D eigenvalue weighted by Gasteiger charge is 2.32. The third-order valence-corrected chi connectivity index (χ3v) is 5.45. The van der Waals surface area contributed by atoms with E-state index in [1.54, 1.807) is 6.07 Å². The van der Waals surface area contributed by atoms with Gasteiger partial charge in [-0.1, -0.05) is 49.9 Å². The summed E-state index contributed by atoms with van der Waals surface area (Å²) in [5.74, 6) is 1.58. The summed E-state index contributed by atoms with van der Waals surface area (Å²) in [5, 5.41) is 4.42. The second-order valence-corrected chi connectivity index (χ2v) is 6.66. The van der Waals surface area contributed by atoms with Crippen molar-refractivity contribution in [3.05, 3.63) is 16.1 Å². The first kappa shape index (κ1) is 16.7. The SMILES string of the molecule is CCNc1nc(N2CCC(CC)(CC)CC2)c(Cl)cc1Cl. The van der Waals surface area contributed by atoms with E-state index in [2.05, 4.69) is 29.0 Å². The van der Waals surface area contributed by atoms with E-state index in [1.165, 1.54) is 25.7 Å². The van der Waals surface area contributed by atoms with Crippen LogP contribution < -0.4 is 10.2 Å². The van der Waals surface area contributed by atoms with Crippen LogP contribution in [0.15, 0.2) is 6.07 Å². The smallest absolute Gasteiger partial charge is 0.149 e. The first-order chi connectivity index (χ1) is 10.0. The van der Waals surface area contributed by atoms with E-state index >= 15 is 0 Å². The zero-order chi connectivity index (χ0) is 15.5. The third-order valence-electron chi connectivity index (χ3n) is 4.88. The van der Waals surface area contributed by atoms with E-state index in [0.717, 1.165) is 31.3 Å². The van der Waals surface area contributed by atoms with E-state index in [9.17, 15) is 0 Å². The molecule has 1 aliphatic rings. The second-order valence-electron chi connectivity index (χ2n) is 5.85. The number of hydrogen-bond acceptors (Lipinski definition) is 3. The summed E-state index contributed by atoms with van der Waals surface area (Å²) in [6, 6.07) is 1.80. The Kier molecular flexibility index (Phi) is 5.61. The average Bonchev–Trinajstić information content (AvgIpc) is 2.50. The van der Waals surface area contributed by atoms with Gasteiger partial charge in [-0.2, -0.15) is 0 Å². The number of nitrogens with zero attached hydrogens (tertiary/aromatic N) is 2. The third kappa shape index (κ3) is 3.57. The number of pyridine rings is 1. The Morgan fingerprint density at radius 3 is 2.29 bits per heavy atom. The van der Waals surface area contributed by atoms with Crippen molar-refractivity contribution in [1.29, 1.82) is 0 Å². The molecule has 3 nitrogen and oxygen atoms in total.